The molecule has 86 valence electrons. The fraction of sp³-hybridized carbons (Fsp3) is 0.571. The molecule has 3 rings (SSSR count). The molecule has 0 aromatic heterocycles. The smallest absolute Gasteiger partial charge is 0.0920 e. The molecule has 0 saturated carbocycles. The van der Waals surface area contributed by atoms with E-state index in [0.29, 0.717) is 6.54 Å². The van der Waals surface area contributed by atoms with E-state index in [-0.39, 0.29) is 11.2 Å². The predicted octanol–water partition coefficient (Wildman–Crippen LogP) is 2.44. The molecule has 2 aliphatic rings. The quantitative estimate of drug-likeness (QED) is 0.825. The van der Waals surface area contributed by atoms with Gasteiger partial charge in [0.25, 0.3) is 0 Å². The number of rotatable bonds is 2. The molecule has 2 heteroatoms. The minimum absolute atomic E-state index is 0.0364. The molecule has 2 unspecified atom stereocenters. The Bertz CT molecular complexity index is 442. The molecule has 0 amide bonds. The van der Waals surface area contributed by atoms with E-state index in [1.807, 2.05) is 0 Å². The van der Waals surface area contributed by atoms with Gasteiger partial charge in [0.15, 0.2) is 0 Å². The van der Waals surface area contributed by atoms with Crippen LogP contribution in [-0.2, 0) is 22.4 Å². The van der Waals surface area contributed by atoms with Crippen LogP contribution < -0.4 is 5.73 Å². The van der Waals surface area contributed by atoms with Crippen molar-refractivity contribution in [3.63, 3.8) is 0 Å². The van der Waals surface area contributed by atoms with Gasteiger partial charge < -0.3 is 10.5 Å². The summed E-state index contributed by atoms with van der Waals surface area (Å²) in [5.74, 6) is 0. The summed E-state index contributed by atoms with van der Waals surface area (Å²) in [6.45, 7) is 5.15. The molecule has 1 aromatic carbocycles. The second kappa shape index (κ2) is 3.08. The average molecular weight is 217 g/mol. The van der Waals surface area contributed by atoms with Crippen molar-refractivity contribution in [3.05, 3.63) is 34.9 Å². The molecule has 2 N–H and O–H groups in total. The normalized spacial score (nSPS) is 35.4. The van der Waals surface area contributed by atoms with E-state index in [4.69, 9.17) is 10.5 Å². The highest BCUT2D eigenvalue weighted by Gasteiger charge is 2.54. The number of fused-ring (bicyclic) bond motifs is 5. The highest BCUT2D eigenvalue weighted by Crippen LogP contribution is 2.57. The second-order valence-electron chi connectivity index (χ2n) is 5.48. The van der Waals surface area contributed by atoms with Crippen LogP contribution in [0.2, 0.25) is 0 Å². The molecule has 1 fully saturated rings. The second-order valence-corrected chi connectivity index (χ2v) is 5.48. The summed E-state index contributed by atoms with van der Waals surface area (Å²) in [6, 6.07) is 6.74. The van der Waals surface area contributed by atoms with E-state index in [0.717, 1.165) is 19.3 Å². The van der Waals surface area contributed by atoms with E-state index in [1.54, 1.807) is 0 Å². The highest BCUT2D eigenvalue weighted by molar-refractivity contribution is 5.45. The van der Waals surface area contributed by atoms with Crippen molar-refractivity contribution >= 4 is 0 Å². The molecule has 0 spiro atoms. The monoisotopic (exact) mass is 217 g/mol. The Hall–Kier alpha value is -0.860. The Morgan fingerprint density at radius 1 is 1.19 bits per heavy atom. The fourth-order valence-corrected chi connectivity index (χ4v) is 3.27. The lowest BCUT2D eigenvalue weighted by Gasteiger charge is -2.23. The fourth-order valence-electron chi connectivity index (χ4n) is 3.27. The van der Waals surface area contributed by atoms with Gasteiger partial charge in [-0.3, -0.25) is 0 Å². The van der Waals surface area contributed by atoms with Crippen LogP contribution in [0.5, 0.6) is 0 Å². The van der Waals surface area contributed by atoms with Gasteiger partial charge in [0.2, 0.25) is 0 Å². The first-order valence-corrected chi connectivity index (χ1v) is 6.12. The first-order valence-electron chi connectivity index (χ1n) is 6.12. The van der Waals surface area contributed by atoms with Crippen molar-refractivity contribution in [2.75, 3.05) is 6.54 Å². The van der Waals surface area contributed by atoms with Crippen molar-refractivity contribution in [3.8, 4) is 0 Å². The van der Waals surface area contributed by atoms with Gasteiger partial charge in [-0.15, -0.1) is 0 Å². The molecule has 2 atom stereocenters. The lowest BCUT2D eigenvalue weighted by Crippen LogP contribution is -2.18. The van der Waals surface area contributed by atoms with Gasteiger partial charge in [0.05, 0.1) is 11.2 Å². The van der Waals surface area contributed by atoms with Gasteiger partial charge in [-0.2, -0.15) is 0 Å². The standard InChI is InChI=1S/C14H19NO/c1-13-6-7-14(2,16-13)12-9-10(5-8-15)3-4-11(12)13/h3-4,9H,5-8,15H2,1-2H3. The summed E-state index contributed by atoms with van der Waals surface area (Å²) in [6.07, 6.45) is 3.25. The number of benzene rings is 1. The average Bonchev–Trinajstić information content (AvgIpc) is 2.67. The zero-order valence-corrected chi connectivity index (χ0v) is 10.0. The van der Waals surface area contributed by atoms with Crippen molar-refractivity contribution < 1.29 is 4.74 Å². The van der Waals surface area contributed by atoms with E-state index in [1.165, 1.54) is 16.7 Å². The number of hydrogen-bond acceptors (Lipinski definition) is 2. The highest BCUT2D eigenvalue weighted by atomic mass is 16.5. The van der Waals surface area contributed by atoms with E-state index < -0.39 is 0 Å². The Labute approximate surface area is 96.8 Å². The predicted molar refractivity (Wildman–Crippen MR) is 64.2 cm³/mol. The summed E-state index contributed by atoms with van der Waals surface area (Å²) in [7, 11) is 0. The third-order valence-corrected chi connectivity index (χ3v) is 4.19. The molecule has 16 heavy (non-hydrogen) atoms. The lowest BCUT2D eigenvalue weighted by molar-refractivity contribution is -0.0662. The molecular formula is C14H19NO. The van der Waals surface area contributed by atoms with Gasteiger partial charge in [-0.1, -0.05) is 18.2 Å². The van der Waals surface area contributed by atoms with Crippen LogP contribution >= 0.6 is 0 Å². The molecule has 0 aliphatic carbocycles. The maximum Gasteiger partial charge on any atom is 0.0920 e. The minimum atomic E-state index is -0.0469. The number of ether oxygens (including phenoxy) is 1. The first-order chi connectivity index (χ1) is 7.57. The molecule has 2 aliphatic heterocycles. The molecule has 0 radical (unpaired) electrons. The van der Waals surface area contributed by atoms with Gasteiger partial charge in [-0.05, 0) is 56.3 Å². The zero-order chi connectivity index (χ0) is 11.4. The van der Waals surface area contributed by atoms with Crippen LogP contribution in [0.25, 0.3) is 0 Å². The summed E-state index contributed by atoms with van der Waals surface area (Å²) < 4.78 is 6.22. The third-order valence-electron chi connectivity index (χ3n) is 4.19. The Morgan fingerprint density at radius 3 is 2.56 bits per heavy atom. The first kappa shape index (κ1) is 10.3. The maximum atomic E-state index is 6.22. The minimum Gasteiger partial charge on any atom is -0.360 e. The van der Waals surface area contributed by atoms with Crippen molar-refractivity contribution in [1.82, 2.24) is 0 Å². The topological polar surface area (TPSA) is 35.2 Å². The Morgan fingerprint density at radius 2 is 1.88 bits per heavy atom. The lowest BCUT2D eigenvalue weighted by atomic mass is 9.77. The summed E-state index contributed by atoms with van der Waals surface area (Å²) in [5.41, 5.74) is 9.65. The van der Waals surface area contributed by atoms with Crippen LogP contribution in [-0.4, -0.2) is 6.54 Å². The van der Waals surface area contributed by atoms with Gasteiger partial charge in [0.1, 0.15) is 0 Å². The number of hydrogen-bond donors (Lipinski definition) is 1. The van der Waals surface area contributed by atoms with E-state index in [9.17, 15) is 0 Å². The van der Waals surface area contributed by atoms with Gasteiger partial charge in [-0.25, -0.2) is 0 Å². The molecule has 2 bridgehead atoms. The third kappa shape index (κ3) is 1.20. The van der Waals surface area contributed by atoms with E-state index in [2.05, 4.69) is 32.0 Å². The van der Waals surface area contributed by atoms with Crippen LogP contribution in [0.15, 0.2) is 18.2 Å². The molecule has 1 aromatic rings. The summed E-state index contributed by atoms with van der Waals surface area (Å²) in [5, 5.41) is 0. The summed E-state index contributed by atoms with van der Waals surface area (Å²) in [4.78, 5) is 0. The van der Waals surface area contributed by atoms with Crippen LogP contribution in [0, 0.1) is 0 Å². The number of nitrogens with two attached hydrogens (primary N) is 1. The Balaban J connectivity index is 2.11. The molecular weight excluding hydrogens is 198 g/mol. The molecule has 2 nitrogen and oxygen atoms in total. The largest absolute Gasteiger partial charge is 0.360 e. The van der Waals surface area contributed by atoms with Crippen molar-refractivity contribution in [2.24, 2.45) is 5.73 Å². The molecule has 2 heterocycles. The maximum absolute atomic E-state index is 6.22. The zero-order valence-electron chi connectivity index (χ0n) is 10.0. The van der Waals surface area contributed by atoms with Crippen molar-refractivity contribution in [1.29, 1.82) is 0 Å². The SMILES string of the molecule is CC12CCC(C)(O1)c1cc(CCN)ccc12. The van der Waals surface area contributed by atoms with Crippen LogP contribution in [0.3, 0.4) is 0 Å². The molecule has 1 saturated heterocycles. The van der Waals surface area contributed by atoms with Crippen molar-refractivity contribution in [2.45, 2.75) is 44.3 Å². The summed E-state index contributed by atoms with van der Waals surface area (Å²) >= 11 is 0. The Kier molecular flexibility index (Phi) is 1.99. The van der Waals surface area contributed by atoms with Gasteiger partial charge >= 0.3 is 0 Å². The van der Waals surface area contributed by atoms with Crippen LogP contribution in [0.4, 0.5) is 0 Å². The van der Waals surface area contributed by atoms with Gasteiger partial charge in [0, 0.05) is 0 Å². The van der Waals surface area contributed by atoms with E-state index >= 15 is 0 Å². The van der Waals surface area contributed by atoms with Crippen LogP contribution in [0.1, 0.15) is 43.4 Å².